The van der Waals surface area contributed by atoms with Gasteiger partial charge in [0.05, 0.1) is 5.69 Å². The third-order valence-electron chi connectivity index (χ3n) is 6.01. The number of fused-ring (bicyclic) bond motifs is 1. The van der Waals surface area contributed by atoms with E-state index in [9.17, 15) is 4.79 Å². The van der Waals surface area contributed by atoms with Gasteiger partial charge in [-0.1, -0.05) is 54.6 Å². The minimum atomic E-state index is -0.601. The lowest BCUT2D eigenvalue weighted by atomic mass is 9.91. The highest BCUT2D eigenvalue weighted by Gasteiger charge is 2.47. The molecule has 3 aromatic rings. The molecule has 0 aliphatic heterocycles. The van der Waals surface area contributed by atoms with Gasteiger partial charge in [0.15, 0.2) is 0 Å². The molecule has 0 bridgehead atoms. The van der Waals surface area contributed by atoms with Gasteiger partial charge in [-0.05, 0) is 30.7 Å². The molecule has 0 fully saturated rings. The molecular formula is C25H28N4O. The Kier molecular flexibility index (Phi) is 5.91. The first-order valence-corrected chi connectivity index (χ1v) is 10.4. The molecule has 1 atom stereocenters. The molecule has 1 N–H and O–H groups in total. The molecule has 0 saturated carbocycles. The van der Waals surface area contributed by atoms with Gasteiger partial charge in [-0.2, -0.15) is 0 Å². The number of carbonyl (C=O) groups excluding carboxylic acids is 1. The van der Waals surface area contributed by atoms with Crippen molar-refractivity contribution in [1.29, 1.82) is 0 Å². The SMILES string of the molecule is C[C@H](Cc1cnccn1)NC(=O)C1(N(C)Cc2ccccc2)Cc2ccccc2C1. The van der Waals surface area contributed by atoms with Gasteiger partial charge in [0.2, 0.25) is 5.91 Å². The molecular weight excluding hydrogens is 372 g/mol. The molecule has 4 rings (SSSR count). The minimum Gasteiger partial charge on any atom is -0.352 e. The number of hydrogen-bond acceptors (Lipinski definition) is 4. The van der Waals surface area contributed by atoms with Crippen molar-refractivity contribution in [3.8, 4) is 0 Å². The highest BCUT2D eigenvalue weighted by molar-refractivity contribution is 5.88. The van der Waals surface area contributed by atoms with E-state index < -0.39 is 5.54 Å². The first kappa shape index (κ1) is 20.2. The lowest BCUT2D eigenvalue weighted by Crippen LogP contribution is -2.59. The van der Waals surface area contributed by atoms with E-state index in [1.807, 2.05) is 25.1 Å². The smallest absolute Gasteiger partial charge is 0.241 e. The Balaban J connectivity index is 1.55. The van der Waals surface area contributed by atoms with Gasteiger partial charge in [-0.3, -0.25) is 19.7 Å². The molecule has 0 spiro atoms. The number of amides is 1. The Labute approximate surface area is 178 Å². The van der Waals surface area contributed by atoms with Crippen LogP contribution < -0.4 is 5.32 Å². The molecule has 0 unspecified atom stereocenters. The monoisotopic (exact) mass is 400 g/mol. The second-order valence-corrected chi connectivity index (χ2v) is 8.27. The molecule has 1 aliphatic carbocycles. The quantitative estimate of drug-likeness (QED) is 0.662. The topological polar surface area (TPSA) is 58.1 Å². The van der Waals surface area contributed by atoms with Crippen molar-refractivity contribution in [3.05, 3.63) is 95.6 Å². The second kappa shape index (κ2) is 8.76. The second-order valence-electron chi connectivity index (χ2n) is 8.27. The summed E-state index contributed by atoms with van der Waals surface area (Å²) in [6.45, 7) is 2.75. The van der Waals surface area contributed by atoms with Gasteiger partial charge in [-0.25, -0.2) is 0 Å². The van der Waals surface area contributed by atoms with Crippen LogP contribution in [-0.2, 0) is 30.6 Å². The summed E-state index contributed by atoms with van der Waals surface area (Å²) >= 11 is 0. The first-order chi connectivity index (χ1) is 14.6. The average Bonchev–Trinajstić information content (AvgIpc) is 3.16. The summed E-state index contributed by atoms with van der Waals surface area (Å²) in [5, 5.41) is 3.26. The standard InChI is InChI=1S/C25H28N4O/c1-19(14-23-17-26-12-13-27-23)28-24(30)25(15-21-10-6-7-11-22(21)16-25)29(2)18-20-8-4-3-5-9-20/h3-13,17,19H,14-16,18H2,1-2H3,(H,28,30)/t19-/m1/s1. The van der Waals surface area contributed by atoms with E-state index in [-0.39, 0.29) is 11.9 Å². The van der Waals surface area contributed by atoms with Crippen LogP contribution in [0.2, 0.25) is 0 Å². The van der Waals surface area contributed by atoms with Crippen LogP contribution in [0.1, 0.15) is 29.3 Å². The Morgan fingerprint density at radius 2 is 1.73 bits per heavy atom. The Morgan fingerprint density at radius 1 is 1.07 bits per heavy atom. The summed E-state index contributed by atoms with van der Waals surface area (Å²) in [6, 6.07) is 18.7. The number of nitrogens with zero attached hydrogens (tertiary/aromatic N) is 3. The molecule has 1 heterocycles. The third-order valence-corrected chi connectivity index (χ3v) is 6.01. The summed E-state index contributed by atoms with van der Waals surface area (Å²) < 4.78 is 0. The first-order valence-electron chi connectivity index (χ1n) is 10.4. The highest BCUT2D eigenvalue weighted by Crippen LogP contribution is 2.35. The van der Waals surface area contributed by atoms with E-state index in [2.05, 4.69) is 63.6 Å². The van der Waals surface area contributed by atoms with Crippen LogP contribution >= 0.6 is 0 Å². The van der Waals surface area contributed by atoms with Crippen LogP contribution in [0, 0.1) is 0 Å². The average molecular weight is 401 g/mol. The largest absolute Gasteiger partial charge is 0.352 e. The maximum absolute atomic E-state index is 13.7. The number of nitrogens with one attached hydrogen (secondary N) is 1. The Hall–Kier alpha value is -3.05. The van der Waals surface area contributed by atoms with Gasteiger partial charge in [0.1, 0.15) is 5.54 Å². The third kappa shape index (κ3) is 4.26. The molecule has 30 heavy (non-hydrogen) atoms. The predicted octanol–water partition coefficient (Wildman–Crippen LogP) is 3.19. The lowest BCUT2D eigenvalue weighted by Gasteiger charge is -2.38. The fourth-order valence-corrected chi connectivity index (χ4v) is 4.37. The van der Waals surface area contributed by atoms with Gasteiger partial charge in [-0.15, -0.1) is 0 Å². The fourth-order valence-electron chi connectivity index (χ4n) is 4.37. The summed E-state index contributed by atoms with van der Waals surface area (Å²) in [7, 11) is 2.06. The molecule has 2 aromatic carbocycles. The predicted molar refractivity (Wildman–Crippen MR) is 118 cm³/mol. The zero-order valence-electron chi connectivity index (χ0n) is 17.6. The zero-order chi connectivity index (χ0) is 21.0. The molecule has 1 amide bonds. The summed E-state index contributed by atoms with van der Waals surface area (Å²) in [5.41, 5.74) is 4.00. The minimum absolute atomic E-state index is 0.0279. The van der Waals surface area contributed by atoms with Crippen LogP contribution in [0.4, 0.5) is 0 Å². The summed E-state index contributed by atoms with van der Waals surface area (Å²) in [6.07, 6.45) is 7.20. The molecule has 5 heteroatoms. The number of hydrogen-bond donors (Lipinski definition) is 1. The number of benzene rings is 2. The molecule has 1 aromatic heterocycles. The molecule has 0 radical (unpaired) electrons. The number of aromatic nitrogens is 2. The van der Waals surface area contributed by atoms with Crippen molar-refractivity contribution < 1.29 is 4.79 Å². The van der Waals surface area contributed by atoms with E-state index in [0.717, 1.165) is 25.1 Å². The van der Waals surface area contributed by atoms with Crippen LogP contribution in [0.5, 0.6) is 0 Å². The number of likely N-dealkylation sites (N-methyl/N-ethyl adjacent to an activating group) is 1. The van der Waals surface area contributed by atoms with Crippen LogP contribution in [0.15, 0.2) is 73.2 Å². The molecule has 5 nitrogen and oxygen atoms in total. The van der Waals surface area contributed by atoms with Gasteiger partial charge in [0, 0.05) is 50.4 Å². The van der Waals surface area contributed by atoms with E-state index in [1.54, 1.807) is 18.6 Å². The van der Waals surface area contributed by atoms with Crippen LogP contribution in [0.25, 0.3) is 0 Å². The van der Waals surface area contributed by atoms with Crippen molar-refractivity contribution in [2.24, 2.45) is 0 Å². The summed E-state index contributed by atoms with van der Waals surface area (Å²) in [5.74, 6) is 0.0773. The normalized spacial score (nSPS) is 15.6. The van der Waals surface area contributed by atoms with Gasteiger partial charge < -0.3 is 5.32 Å². The van der Waals surface area contributed by atoms with Crippen molar-refractivity contribution in [3.63, 3.8) is 0 Å². The van der Waals surface area contributed by atoms with E-state index >= 15 is 0 Å². The molecule has 0 saturated heterocycles. The van der Waals surface area contributed by atoms with Crippen LogP contribution in [-0.4, -0.2) is 39.4 Å². The molecule has 1 aliphatic rings. The highest BCUT2D eigenvalue weighted by atomic mass is 16.2. The number of rotatable bonds is 7. The van der Waals surface area contributed by atoms with E-state index in [1.165, 1.54) is 16.7 Å². The van der Waals surface area contributed by atoms with E-state index in [0.29, 0.717) is 6.42 Å². The van der Waals surface area contributed by atoms with E-state index in [4.69, 9.17) is 0 Å². The Bertz CT molecular complexity index is 965. The summed E-state index contributed by atoms with van der Waals surface area (Å²) in [4.78, 5) is 24.4. The van der Waals surface area contributed by atoms with Crippen molar-refractivity contribution >= 4 is 5.91 Å². The van der Waals surface area contributed by atoms with Crippen molar-refractivity contribution in [2.45, 2.75) is 44.3 Å². The van der Waals surface area contributed by atoms with Gasteiger partial charge >= 0.3 is 0 Å². The fraction of sp³-hybridized carbons (Fsp3) is 0.320. The Morgan fingerprint density at radius 3 is 2.37 bits per heavy atom. The van der Waals surface area contributed by atoms with Crippen LogP contribution in [0.3, 0.4) is 0 Å². The maximum atomic E-state index is 13.7. The number of carbonyl (C=O) groups is 1. The zero-order valence-corrected chi connectivity index (χ0v) is 17.6. The molecule has 154 valence electrons. The van der Waals surface area contributed by atoms with Crippen molar-refractivity contribution in [2.75, 3.05) is 7.05 Å². The maximum Gasteiger partial charge on any atom is 0.241 e. The van der Waals surface area contributed by atoms with Crippen molar-refractivity contribution in [1.82, 2.24) is 20.2 Å². The van der Waals surface area contributed by atoms with Gasteiger partial charge in [0.25, 0.3) is 0 Å². The lowest BCUT2D eigenvalue weighted by molar-refractivity contribution is -0.133.